The Morgan fingerprint density at radius 2 is 2.07 bits per heavy atom. The summed E-state index contributed by atoms with van der Waals surface area (Å²) in [5.41, 5.74) is 4.55. The maximum atomic E-state index is 6.28. The standard InChI is InChI=1S/C25H25Cl2NO/c1-2-3-12-28-15-17-13-18-4-6-21(17)22(16-28)25(18)10-8-20(9-11-25)29-24-7-5-19(26)14-23(24)27/h4-10,13-14,22H,2-3,11-12,15-16H2,1H3. The van der Waals surface area contributed by atoms with Crippen LogP contribution in [0.5, 0.6) is 5.75 Å². The van der Waals surface area contributed by atoms with E-state index in [1.54, 1.807) is 12.1 Å². The van der Waals surface area contributed by atoms with Crippen molar-refractivity contribution < 1.29 is 4.74 Å². The second-order valence-electron chi connectivity index (χ2n) is 8.42. The maximum absolute atomic E-state index is 6.28. The average molecular weight is 426 g/mol. The van der Waals surface area contributed by atoms with Crippen LogP contribution in [0.25, 0.3) is 0 Å². The number of nitrogens with zero attached hydrogens (tertiary/aromatic N) is 1. The molecule has 1 spiro atoms. The lowest BCUT2D eigenvalue weighted by molar-refractivity contribution is 0.188. The van der Waals surface area contributed by atoms with Crippen LogP contribution in [-0.2, 0) is 12.0 Å². The molecule has 2 aromatic rings. The third-order valence-electron chi connectivity index (χ3n) is 6.65. The van der Waals surface area contributed by atoms with Gasteiger partial charge in [-0.3, -0.25) is 4.90 Å². The molecule has 6 rings (SSSR count). The van der Waals surface area contributed by atoms with Crippen molar-refractivity contribution in [2.75, 3.05) is 13.1 Å². The van der Waals surface area contributed by atoms with Crippen LogP contribution in [0.1, 0.15) is 48.8 Å². The van der Waals surface area contributed by atoms with Gasteiger partial charge in [-0.2, -0.15) is 0 Å². The van der Waals surface area contributed by atoms with Gasteiger partial charge in [0.05, 0.1) is 5.02 Å². The fourth-order valence-corrected chi connectivity index (χ4v) is 5.54. The molecule has 3 aliphatic carbocycles. The number of rotatable bonds is 5. The lowest BCUT2D eigenvalue weighted by Gasteiger charge is -2.50. The molecular formula is C25H25Cl2NO. The van der Waals surface area contributed by atoms with Crippen LogP contribution in [0.3, 0.4) is 0 Å². The Kier molecular flexibility index (Phi) is 4.98. The number of halogens is 2. The fraction of sp³-hybridized carbons (Fsp3) is 0.360. The summed E-state index contributed by atoms with van der Waals surface area (Å²) in [6.07, 6.45) is 10.2. The SMILES string of the molecule is CCCCN1Cc2cc3ccc2C(C1)C31C=CC(Oc2ccc(Cl)cc2Cl)=CC1. The highest BCUT2D eigenvalue weighted by Crippen LogP contribution is 2.53. The van der Waals surface area contributed by atoms with E-state index in [-0.39, 0.29) is 5.41 Å². The Labute approximate surface area is 182 Å². The number of unbranched alkanes of at least 4 members (excludes halogenated alkanes) is 1. The second kappa shape index (κ2) is 7.50. The van der Waals surface area contributed by atoms with Crippen molar-refractivity contribution in [3.63, 3.8) is 0 Å². The highest BCUT2D eigenvalue weighted by Gasteiger charge is 2.46. The predicted molar refractivity (Wildman–Crippen MR) is 120 cm³/mol. The minimum absolute atomic E-state index is 0.0507. The average Bonchev–Trinajstić information content (AvgIpc) is 2.73. The van der Waals surface area contributed by atoms with E-state index in [9.17, 15) is 0 Å². The van der Waals surface area contributed by atoms with E-state index in [4.69, 9.17) is 27.9 Å². The molecule has 2 aromatic carbocycles. The third kappa shape index (κ3) is 3.32. The monoisotopic (exact) mass is 425 g/mol. The van der Waals surface area contributed by atoms with E-state index in [0.717, 1.165) is 25.3 Å². The molecule has 4 heteroatoms. The van der Waals surface area contributed by atoms with Crippen LogP contribution in [0.4, 0.5) is 0 Å². The molecule has 1 aliphatic heterocycles. The molecule has 2 atom stereocenters. The normalized spacial score (nSPS) is 24.8. The van der Waals surface area contributed by atoms with Crippen molar-refractivity contribution in [1.82, 2.24) is 4.90 Å². The second-order valence-corrected chi connectivity index (χ2v) is 9.26. The van der Waals surface area contributed by atoms with Gasteiger partial charge >= 0.3 is 0 Å². The highest BCUT2D eigenvalue weighted by atomic mass is 35.5. The van der Waals surface area contributed by atoms with Crippen molar-refractivity contribution in [1.29, 1.82) is 0 Å². The third-order valence-corrected chi connectivity index (χ3v) is 7.18. The summed E-state index contributed by atoms with van der Waals surface area (Å²) in [6, 6.07) is 12.4. The van der Waals surface area contributed by atoms with Crippen molar-refractivity contribution in [2.45, 2.75) is 44.1 Å². The van der Waals surface area contributed by atoms with Crippen LogP contribution < -0.4 is 4.74 Å². The van der Waals surface area contributed by atoms with Gasteiger partial charge in [0.1, 0.15) is 11.5 Å². The van der Waals surface area contributed by atoms with Gasteiger partial charge in [-0.25, -0.2) is 0 Å². The molecule has 0 fully saturated rings. The summed E-state index contributed by atoms with van der Waals surface area (Å²) in [5, 5.41) is 1.14. The van der Waals surface area contributed by atoms with Gasteiger partial charge in [0.25, 0.3) is 0 Å². The van der Waals surface area contributed by atoms with Crippen LogP contribution in [0.15, 0.2) is 60.4 Å². The van der Waals surface area contributed by atoms with Crippen molar-refractivity contribution in [3.05, 3.63) is 87.1 Å². The number of benzene rings is 2. The van der Waals surface area contributed by atoms with Gasteiger partial charge < -0.3 is 4.74 Å². The lowest BCUT2D eigenvalue weighted by Crippen LogP contribution is -2.47. The van der Waals surface area contributed by atoms with Crippen LogP contribution in [0, 0.1) is 0 Å². The lowest BCUT2D eigenvalue weighted by atomic mass is 9.58. The van der Waals surface area contributed by atoms with Gasteiger partial charge in [-0.05, 0) is 66.4 Å². The van der Waals surface area contributed by atoms with E-state index in [1.807, 2.05) is 6.07 Å². The van der Waals surface area contributed by atoms with Gasteiger partial charge in [0.2, 0.25) is 0 Å². The molecule has 1 heterocycles. The summed E-state index contributed by atoms with van der Waals surface area (Å²) in [6.45, 7) is 5.69. The van der Waals surface area contributed by atoms with Crippen molar-refractivity contribution >= 4 is 23.2 Å². The van der Waals surface area contributed by atoms with E-state index < -0.39 is 0 Å². The van der Waals surface area contributed by atoms with Crippen molar-refractivity contribution in [3.8, 4) is 5.75 Å². The fourth-order valence-electron chi connectivity index (χ4n) is 5.10. The Morgan fingerprint density at radius 3 is 2.83 bits per heavy atom. The van der Waals surface area contributed by atoms with Crippen molar-refractivity contribution in [2.24, 2.45) is 0 Å². The van der Waals surface area contributed by atoms with Crippen LogP contribution in [-0.4, -0.2) is 18.0 Å². The van der Waals surface area contributed by atoms with Gasteiger partial charge in [0, 0.05) is 29.4 Å². The molecule has 2 unspecified atom stereocenters. The molecule has 0 saturated heterocycles. The molecule has 4 bridgehead atoms. The quantitative estimate of drug-likeness (QED) is 0.518. The zero-order chi connectivity index (χ0) is 20.0. The minimum Gasteiger partial charge on any atom is -0.456 e. The van der Waals surface area contributed by atoms with E-state index >= 15 is 0 Å². The van der Waals surface area contributed by atoms with Gasteiger partial charge in [-0.1, -0.05) is 60.8 Å². The smallest absolute Gasteiger partial charge is 0.146 e. The molecule has 2 nitrogen and oxygen atoms in total. The Morgan fingerprint density at radius 1 is 1.17 bits per heavy atom. The molecule has 0 radical (unpaired) electrons. The Hall–Kier alpha value is -1.74. The highest BCUT2D eigenvalue weighted by molar-refractivity contribution is 6.35. The summed E-state index contributed by atoms with van der Waals surface area (Å²) in [7, 11) is 0. The molecular weight excluding hydrogens is 401 g/mol. The number of fused-ring (bicyclic) bond motifs is 1. The largest absolute Gasteiger partial charge is 0.456 e. The number of ether oxygens (including phenoxy) is 1. The Balaban J connectivity index is 1.39. The van der Waals surface area contributed by atoms with Gasteiger partial charge in [0.15, 0.2) is 0 Å². The number of hydrogen-bond donors (Lipinski definition) is 0. The topological polar surface area (TPSA) is 12.5 Å². The predicted octanol–water partition coefficient (Wildman–Crippen LogP) is 6.87. The summed E-state index contributed by atoms with van der Waals surface area (Å²) in [4.78, 5) is 2.64. The summed E-state index contributed by atoms with van der Waals surface area (Å²) >= 11 is 12.3. The van der Waals surface area contributed by atoms with E-state index in [1.165, 1.54) is 36.1 Å². The molecule has 150 valence electrons. The zero-order valence-corrected chi connectivity index (χ0v) is 18.1. The first-order valence-corrected chi connectivity index (χ1v) is 11.2. The van der Waals surface area contributed by atoms with Gasteiger partial charge in [-0.15, -0.1) is 0 Å². The molecule has 0 N–H and O–H groups in total. The molecule has 4 aliphatic rings. The summed E-state index contributed by atoms with van der Waals surface area (Å²) in [5.74, 6) is 2.01. The van der Waals surface area contributed by atoms with E-state index in [2.05, 4.69) is 48.3 Å². The zero-order valence-electron chi connectivity index (χ0n) is 16.6. The molecule has 0 aromatic heterocycles. The van der Waals surface area contributed by atoms with Crippen LogP contribution >= 0.6 is 23.2 Å². The van der Waals surface area contributed by atoms with Crippen LogP contribution in [0.2, 0.25) is 10.0 Å². The molecule has 0 amide bonds. The molecule has 29 heavy (non-hydrogen) atoms. The van der Waals surface area contributed by atoms with E-state index in [0.29, 0.717) is 21.7 Å². The number of hydrogen-bond acceptors (Lipinski definition) is 2. The minimum atomic E-state index is 0.0507. The summed E-state index contributed by atoms with van der Waals surface area (Å²) < 4.78 is 6.06. The first-order valence-electron chi connectivity index (χ1n) is 10.5. The maximum Gasteiger partial charge on any atom is 0.146 e. The first kappa shape index (κ1) is 19.2. The molecule has 0 saturated carbocycles. The number of allylic oxidation sites excluding steroid dienone is 3. The first-order chi connectivity index (χ1) is 14.1. The Bertz CT molecular complexity index is 1010.